The fourth-order valence-corrected chi connectivity index (χ4v) is 6.96. The number of amides is 1. The Kier molecular flexibility index (Phi) is 9.06. The molecule has 9 nitrogen and oxygen atoms in total. The number of anilines is 1. The zero-order valence-electron chi connectivity index (χ0n) is 26.1. The van der Waals surface area contributed by atoms with E-state index in [9.17, 15) is 4.79 Å². The van der Waals surface area contributed by atoms with Crippen molar-refractivity contribution in [3.05, 3.63) is 51.2 Å². The Labute approximate surface area is 276 Å². The molecule has 0 radical (unpaired) electrons. The van der Waals surface area contributed by atoms with E-state index in [1.165, 1.54) is 0 Å². The van der Waals surface area contributed by atoms with Gasteiger partial charge in [-0.2, -0.15) is 9.97 Å². The minimum Gasteiger partial charge on any atom is -0.497 e. The van der Waals surface area contributed by atoms with E-state index in [1.54, 1.807) is 13.2 Å². The number of hydrogen-bond acceptors (Lipinski definition) is 8. The summed E-state index contributed by atoms with van der Waals surface area (Å²) in [6.07, 6.45) is 4.41. The Balaban J connectivity index is 1.21. The van der Waals surface area contributed by atoms with Crippen LogP contribution in [0.25, 0.3) is 10.9 Å². The van der Waals surface area contributed by atoms with Crippen LogP contribution in [-0.4, -0.2) is 72.1 Å². The highest BCUT2D eigenvalue weighted by Crippen LogP contribution is 2.43. The Morgan fingerprint density at radius 2 is 1.80 bits per heavy atom. The van der Waals surface area contributed by atoms with E-state index < -0.39 is 11.4 Å². The molecular weight excluding hydrogens is 667 g/mol. The van der Waals surface area contributed by atoms with Gasteiger partial charge in [0.05, 0.1) is 48.5 Å². The number of aromatic nitrogens is 2. The highest BCUT2D eigenvalue weighted by Gasteiger charge is 2.45. The van der Waals surface area contributed by atoms with Crippen molar-refractivity contribution in [1.82, 2.24) is 14.9 Å². The van der Waals surface area contributed by atoms with Crippen LogP contribution in [0, 0.1) is 11.2 Å². The van der Waals surface area contributed by atoms with Crippen LogP contribution in [0.4, 0.5) is 15.0 Å². The van der Waals surface area contributed by atoms with E-state index in [2.05, 4.69) is 25.8 Å². The summed E-state index contributed by atoms with van der Waals surface area (Å²) in [5, 5.41) is 0.732. The van der Waals surface area contributed by atoms with E-state index in [1.807, 2.05) is 49.9 Å². The third-order valence-corrected chi connectivity index (χ3v) is 10.2. The van der Waals surface area contributed by atoms with Crippen molar-refractivity contribution in [2.45, 2.75) is 77.2 Å². The number of fused-ring (bicyclic) bond motifs is 3. The predicted molar refractivity (Wildman–Crippen MR) is 174 cm³/mol. The number of nitrogens with zero attached hydrogens (tertiary/aromatic N) is 4. The number of carbonyl (C=O) groups excluding carboxylic acids is 1. The van der Waals surface area contributed by atoms with E-state index in [4.69, 9.17) is 35.5 Å². The average Bonchev–Trinajstić information content (AvgIpc) is 3.25. The quantitative estimate of drug-likeness (QED) is 0.211. The molecule has 1 aliphatic carbocycles. The summed E-state index contributed by atoms with van der Waals surface area (Å²) in [5.41, 5.74) is 0.450. The first-order valence-corrected chi connectivity index (χ1v) is 16.6. The number of benzene rings is 2. The van der Waals surface area contributed by atoms with Crippen molar-refractivity contribution < 1.29 is 28.1 Å². The van der Waals surface area contributed by atoms with Crippen LogP contribution in [0.3, 0.4) is 0 Å². The van der Waals surface area contributed by atoms with Gasteiger partial charge in [0.1, 0.15) is 22.7 Å². The Bertz CT molecular complexity index is 1550. The summed E-state index contributed by atoms with van der Waals surface area (Å²) in [7, 11) is 1.65. The molecule has 45 heavy (non-hydrogen) atoms. The van der Waals surface area contributed by atoms with E-state index in [-0.39, 0.29) is 44.6 Å². The fraction of sp³-hybridized carbons (Fsp3) is 0.545. The maximum Gasteiger partial charge on any atom is 0.410 e. The molecule has 0 spiro atoms. The fourth-order valence-electron chi connectivity index (χ4n) is 6.46. The number of rotatable bonds is 9. The van der Waals surface area contributed by atoms with Crippen LogP contribution < -0.4 is 14.4 Å². The summed E-state index contributed by atoms with van der Waals surface area (Å²) >= 11 is 9.68. The Hall–Kier alpha value is -2.89. The zero-order valence-corrected chi connectivity index (χ0v) is 28.4. The third kappa shape index (κ3) is 6.81. The van der Waals surface area contributed by atoms with E-state index in [0.717, 1.165) is 43.4 Å². The lowest BCUT2D eigenvalue weighted by Crippen LogP contribution is -2.57. The molecule has 2 unspecified atom stereocenters. The van der Waals surface area contributed by atoms with Gasteiger partial charge in [-0.15, -0.1) is 0 Å². The van der Waals surface area contributed by atoms with E-state index >= 15 is 4.39 Å². The largest absolute Gasteiger partial charge is 0.497 e. The van der Waals surface area contributed by atoms with Crippen LogP contribution in [-0.2, 0) is 16.1 Å². The second-order valence-electron chi connectivity index (χ2n) is 13.4. The molecule has 3 aromatic rings. The lowest BCUT2D eigenvalue weighted by Gasteiger charge is -2.42. The van der Waals surface area contributed by atoms with Gasteiger partial charge in [0.25, 0.3) is 0 Å². The van der Waals surface area contributed by atoms with Crippen molar-refractivity contribution in [3.8, 4) is 11.8 Å². The number of carbonyl (C=O) groups is 1. The molecule has 242 valence electrons. The molecule has 2 saturated heterocycles. The molecule has 0 N–H and O–H groups in total. The van der Waals surface area contributed by atoms with Crippen molar-refractivity contribution in [3.63, 3.8) is 0 Å². The second-order valence-corrected chi connectivity index (χ2v) is 14.6. The molecule has 2 bridgehead atoms. The lowest BCUT2D eigenvalue weighted by atomic mass is 9.70. The highest BCUT2D eigenvalue weighted by molar-refractivity contribution is 9.10. The Morgan fingerprint density at radius 1 is 1.11 bits per heavy atom. The molecule has 12 heteroatoms. The standard InChI is InChI=1S/C33H39BrClFN4O5/c1-32(2,3)45-31(41)40-21-8-9-22(40)16-39(15-21)29-24-14-25(35)26(34)27(36)28(24)37-30(38-29)44-19-33(12-5-13-33)18-43-17-20-6-10-23(42-4)11-7-20/h6-7,10-11,14,21-22H,5,8-9,12-13,15-19H2,1-4H3. The summed E-state index contributed by atoms with van der Waals surface area (Å²) in [6.45, 7) is 8.04. The molecule has 1 saturated carbocycles. The van der Waals surface area contributed by atoms with Crippen molar-refractivity contribution in [1.29, 1.82) is 0 Å². The molecule has 3 fully saturated rings. The van der Waals surface area contributed by atoms with Crippen molar-refractivity contribution >= 4 is 50.3 Å². The normalized spacial score (nSPS) is 20.7. The first kappa shape index (κ1) is 32.1. The van der Waals surface area contributed by atoms with Gasteiger partial charge in [0.15, 0.2) is 5.82 Å². The molecule has 3 heterocycles. The third-order valence-electron chi connectivity index (χ3n) is 8.93. The number of hydrogen-bond donors (Lipinski definition) is 0. The van der Waals surface area contributed by atoms with Gasteiger partial charge < -0.3 is 23.8 Å². The zero-order chi connectivity index (χ0) is 31.9. The first-order valence-electron chi connectivity index (χ1n) is 15.4. The van der Waals surface area contributed by atoms with Gasteiger partial charge in [-0.1, -0.05) is 30.2 Å². The molecular formula is C33H39BrClFN4O5. The molecule has 6 rings (SSSR count). The van der Waals surface area contributed by atoms with Crippen LogP contribution in [0.1, 0.15) is 58.4 Å². The van der Waals surface area contributed by atoms with Crippen LogP contribution in [0.15, 0.2) is 34.8 Å². The van der Waals surface area contributed by atoms with Crippen molar-refractivity contribution in [2.24, 2.45) is 5.41 Å². The SMILES string of the molecule is COc1ccc(COCC2(COc3nc(N4CC5CCC(C4)N5C(=O)OC(C)(C)C)c4cc(Cl)c(Br)c(F)c4n3)CCC2)cc1. The summed E-state index contributed by atoms with van der Waals surface area (Å²) in [6, 6.07) is 9.51. The average molecular weight is 706 g/mol. The lowest BCUT2D eigenvalue weighted by molar-refractivity contribution is -0.0432. The van der Waals surface area contributed by atoms with Gasteiger partial charge in [-0.25, -0.2) is 9.18 Å². The summed E-state index contributed by atoms with van der Waals surface area (Å²) in [4.78, 5) is 26.4. The van der Waals surface area contributed by atoms with Gasteiger partial charge in [0, 0.05) is 23.9 Å². The maximum atomic E-state index is 15.6. The molecule has 2 aromatic carbocycles. The van der Waals surface area contributed by atoms with Gasteiger partial charge in [-0.05, 0) is 86.1 Å². The highest BCUT2D eigenvalue weighted by atomic mass is 79.9. The Morgan fingerprint density at radius 3 is 2.40 bits per heavy atom. The topological polar surface area (TPSA) is 86.2 Å². The van der Waals surface area contributed by atoms with Crippen LogP contribution >= 0.6 is 27.5 Å². The molecule has 2 aliphatic heterocycles. The maximum absolute atomic E-state index is 15.6. The van der Waals surface area contributed by atoms with Crippen molar-refractivity contribution in [2.75, 3.05) is 38.3 Å². The smallest absolute Gasteiger partial charge is 0.410 e. The molecule has 1 amide bonds. The monoisotopic (exact) mass is 704 g/mol. The van der Waals surface area contributed by atoms with Crippen LogP contribution in [0.5, 0.6) is 11.8 Å². The van der Waals surface area contributed by atoms with Gasteiger partial charge >= 0.3 is 12.1 Å². The number of ether oxygens (including phenoxy) is 4. The minimum atomic E-state index is -0.580. The second kappa shape index (κ2) is 12.7. The summed E-state index contributed by atoms with van der Waals surface area (Å²) in [5.74, 6) is 0.783. The molecule has 2 atom stereocenters. The molecule has 3 aliphatic rings. The first-order chi connectivity index (χ1) is 21.4. The minimum absolute atomic E-state index is 0.0511. The molecule has 1 aromatic heterocycles. The number of halogens is 3. The number of piperazine rings is 1. The summed E-state index contributed by atoms with van der Waals surface area (Å²) < 4.78 is 39.1. The van der Waals surface area contributed by atoms with Crippen LogP contribution in [0.2, 0.25) is 5.02 Å². The van der Waals surface area contributed by atoms with E-state index in [0.29, 0.717) is 44.1 Å². The van der Waals surface area contributed by atoms with Gasteiger partial charge in [-0.3, -0.25) is 4.90 Å². The predicted octanol–water partition coefficient (Wildman–Crippen LogP) is 7.55. The van der Waals surface area contributed by atoms with Gasteiger partial charge in [0.2, 0.25) is 0 Å². The number of methoxy groups -OCH3 is 1.